The van der Waals surface area contributed by atoms with Gasteiger partial charge in [-0.05, 0) is 6.42 Å². The van der Waals surface area contributed by atoms with Gasteiger partial charge in [0.15, 0.2) is 0 Å². The van der Waals surface area contributed by atoms with Crippen molar-refractivity contribution in [3.63, 3.8) is 0 Å². The maximum absolute atomic E-state index is 8.33. The van der Waals surface area contributed by atoms with Gasteiger partial charge in [0.2, 0.25) is 0 Å². The first kappa shape index (κ1) is 7.45. The smallest absolute Gasteiger partial charge is 0.0669 e. The third-order valence-electron chi connectivity index (χ3n) is 1.10. The van der Waals surface area contributed by atoms with E-state index in [1.54, 1.807) is 0 Å². The van der Waals surface area contributed by atoms with Crippen molar-refractivity contribution in [2.75, 3.05) is 6.54 Å². The van der Waals surface area contributed by atoms with Crippen molar-refractivity contribution in [1.29, 1.82) is 5.26 Å². The summed E-state index contributed by atoms with van der Waals surface area (Å²) in [6.07, 6.45) is 1.99. The Morgan fingerprint density at radius 3 is 2.50 bits per heavy atom. The molecule has 0 heterocycles. The molecule has 2 heteroatoms. The van der Waals surface area contributed by atoms with Crippen LogP contribution >= 0.6 is 0 Å². The van der Waals surface area contributed by atoms with E-state index in [-0.39, 0.29) is 5.92 Å². The van der Waals surface area contributed by atoms with Gasteiger partial charge in [0, 0.05) is 6.54 Å². The van der Waals surface area contributed by atoms with Crippen LogP contribution in [-0.2, 0) is 0 Å². The van der Waals surface area contributed by atoms with Gasteiger partial charge in [-0.2, -0.15) is 5.26 Å². The second kappa shape index (κ2) is 4.61. The Morgan fingerprint density at radius 2 is 2.38 bits per heavy atom. The highest BCUT2D eigenvalue weighted by atomic mass is 14.5. The highest BCUT2D eigenvalue weighted by Crippen LogP contribution is 2.00. The van der Waals surface area contributed by atoms with E-state index in [1.807, 2.05) is 0 Å². The fourth-order valence-electron chi connectivity index (χ4n) is 0.584. The van der Waals surface area contributed by atoms with E-state index < -0.39 is 0 Å². The first-order valence-corrected chi connectivity index (χ1v) is 2.94. The summed E-state index contributed by atoms with van der Waals surface area (Å²) in [7, 11) is 0. The van der Waals surface area contributed by atoms with Crippen LogP contribution in [0.1, 0.15) is 19.8 Å². The number of hydrogen-bond donors (Lipinski definition) is 1. The van der Waals surface area contributed by atoms with Gasteiger partial charge in [0.1, 0.15) is 0 Å². The van der Waals surface area contributed by atoms with Crippen molar-refractivity contribution < 1.29 is 0 Å². The van der Waals surface area contributed by atoms with Crippen LogP contribution in [0.15, 0.2) is 0 Å². The molecular formula is C6H12N2. The maximum atomic E-state index is 8.33. The molecule has 0 aliphatic rings. The maximum Gasteiger partial charge on any atom is 0.0669 e. The van der Waals surface area contributed by atoms with Crippen LogP contribution < -0.4 is 5.73 Å². The Morgan fingerprint density at radius 1 is 1.75 bits per heavy atom. The van der Waals surface area contributed by atoms with Crippen molar-refractivity contribution in [3.8, 4) is 6.07 Å². The van der Waals surface area contributed by atoms with E-state index in [2.05, 4.69) is 13.0 Å². The molecule has 0 radical (unpaired) electrons. The Balaban J connectivity index is 3.26. The minimum absolute atomic E-state index is 0.0833. The third kappa shape index (κ3) is 2.59. The molecule has 0 aliphatic heterocycles. The number of hydrogen-bond acceptors (Lipinski definition) is 2. The van der Waals surface area contributed by atoms with E-state index in [1.165, 1.54) is 0 Å². The van der Waals surface area contributed by atoms with Gasteiger partial charge < -0.3 is 5.73 Å². The number of nitrogens with zero attached hydrogens (tertiary/aromatic N) is 1. The Bertz CT molecular complexity index is 83.0. The molecule has 0 aromatic rings. The highest BCUT2D eigenvalue weighted by molar-refractivity contribution is 4.82. The van der Waals surface area contributed by atoms with Crippen LogP contribution in [0.4, 0.5) is 0 Å². The molecule has 2 nitrogen and oxygen atoms in total. The van der Waals surface area contributed by atoms with Crippen LogP contribution in [0.2, 0.25) is 0 Å². The molecule has 0 rings (SSSR count). The topological polar surface area (TPSA) is 49.8 Å². The molecule has 1 atom stereocenters. The summed E-state index contributed by atoms with van der Waals surface area (Å²) in [6.45, 7) is 2.56. The Kier molecular flexibility index (Phi) is 4.29. The van der Waals surface area contributed by atoms with Gasteiger partial charge in [-0.1, -0.05) is 13.3 Å². The lowest BCUT2D eigenvalue weighted by atomic mass is 10.1. The summed E-state index contributed by atoms with van der Waals surface area (Å²) >= 11 is 0. The first-order valence-electron chi connectivity index (χ1n) is 2.94. The molecule has 0 unspecified atom stereocenters. The molecular weight excluding hydrogens is 100 g/mol. The molecule has 0 spiro atoms. The second-order valence-electron chi connectivity index (χ2n) is 1.85. The zero-order chi connectivity index (χ0) is 6.41. The molecule has 46 valence electrons. The molecule has 0 saturated heterocycles. The standard InChI is InChI=1S/C6H12N2/c1-2-3-6(4-7)5-8/h6H,2-4,7H2,1H3/t6-/m1/s1. The lowest BCUT2D eigenvalue weighted by molar-refractivity contribution is 0.603. The summed E-state index contributed by atoms with van der Waals surface area (Å²) in [5, 5.41) is 8.33. The molecule has 8 heavy (non-hydrogen) atoms. The van der Waals surface area contributed by atoms with Crippen LogP contribution in [0.25, 0.3) is 0 Å². The third-order valence-corrected chi connectivity index (χ3v) is 1.10. The van der Waals surface area contributed by atoms with Gasteiger partial charge in [0.05, 0.1) is 12.0 Å². The van der Waals surface area contributed by atoms with E-state index in [9.17, 15) is 0 Å². The zero-order valence-electron chi connectivity index (χ0n) is 5.22. The van der Waals surface area contributed by atoms with E-state index >= 15 is 0 Å². The van der Waals surface area contributed by atoms with Crippen molar-refractivity contribution >= 4 is 0 Å². The molecule has 0 amide bonds. The van der Waals surface area contributed by atoms with Gasteiger partial charge in [-0.15, -0.1) is 0 Å². The molecule has 0 fully saturated rings. The number of rotatable bonds is 3. The van der Waals surface area contributed by atoms with Crippen LogP contribution in [-0.4, -0.2) is 6.54 Å². The molecule has 2 N–H and O–H groups in total. The predicted molar refractivity (Wildman–Crippen MR) is 33.1 cm³/mol. The van der Waals surface area contributed by atoms with E-state index in [4.69, 9.17) is 11.0 Å². The van der Waals surface area contributed by atoms with Crippen LogP contribution in [0.3, 0.4) is 0 Å². The fourth-order valence-corrected chi connectivity index (χ4v) is 0.584. The van der Waals surface area contributed by atoms with Crippen molar-refractivity contribution in [1.82, 2.24) is 0 Å². The summed E-state index contributed by atoms with van der Waals surface area (Å²) in [5.74, 6) is 0.0833. The quantitative estimate of drug-likeness (QED) is 0.589. The Labute approximate surface area is 50.3 Å². The molecule has 0 aromatic heterocycles. The molecule has 0 aliphatic carbocycles. The van der Waals surface area contributed by atoms with Gasteiger partial charge >= 0.3 is 0 Å². The van der Waals surface area contributed by atoms with Gasteiger partial charge in [0.25, 0.3) is 0 Å². The summed E-state index contributed by atoms with van der Waals surface area (Å²) in [4.78, 5) is 0. The van der Waals surface area contributed by atoms with Crippen LogP contribution in [0.5, 0.6) is 0 Å². The van der Waals surface area contributed by atoms with Gasteiger partial charge in [-0.25, -0.2) is 0 Å². The molecule has 0 saturated carbocycles. The monoisotopic (exact) mass is 112 g/mol. The number of nitrogens with two attached hydrogens (primary N) is 1. The lowest BCUT2D eigenvalue weighted by Gasteiger charge is -1.99. The van der Waals surface area contributed by atoms with Crippen molar-refractivity contribution in [2.24, 2.45) is 11.7 Å². The largest absolute Gasteiger partial charge is 0.329 e. The molecule has 0 aromatic carbocycles. The lowest BCUT2D eigenvalue weighted by Crippen LogP contribution is -2.11. The average Bonchev–Trinajstić information content (AvgIpc) is 1.83. The SMILES string of the molecule is CCC[C@@H](C#N)CN. The Hall–Kier alpha value is -0.550. The predicted octanol–water partition coefficient (Wildman–Crippen LogP) is 0.885. The van der Waals surface area contributed by atoms with Crippen molar-refractivity contribution in [3.05, 3.63) is 0 Å². The molecule has 0 bridgehead atoms. The number of nitriles is 1. The zero-order valence-corrected chi connectivity index (χ0v) is 5.22. The van der Waals surface area contributed by atoms with E-state index in [0.717, 1.165) is 12.8 Å². The fraction of sp³-hybridized carbons (Fsp3) is 0.833. The highest BCUT2D eigenvalue weighted by Gasteiger charge is 1.99. The summed E-state index contributed by atoms with van der Waals surface area (Å²) in [6, 6.07) is 2.13. The average molecular weight is 112 g/mol. The first-order chi connectivity index (χ1) is 3.85. The minimum Gasteiger partial charge on any atom is -0.329 e. The normalized spacial score (nSPS) is 12.6. The summed E-state index contributed by atoms with van der Waals surface area (Å²) < 4.78 is 0. The minimum atomic E-state index is 0.0833. The van der Waals surface area contributed by atoms with Gasteiger partial charge in [-0.3, -0.25) is 0 Å². The van der Waals surface area contributed by atoms with Crippen LogP contribution in [0, 0.1) is 17.2 Å². The van der Waals surface area contributed by atoms with Crippen molar-refractivity contribution in [2.45, 2.75) is 19.8 Å². The van der Waals surface area contributed by atoms with E-state index in [0.29, 0.717) is 6.54 Å². The second-order valence-corrected chi connectivity index (χ2v) is 1.85. The summed E-state index contributed by atoms with van der Waals surface area (Å²) in [5.41, 5.74) is 5.25.